The largest absolute Gasteiger partial charge is 0.310 e. The molecule has 0 N–H and O–H groups in total. The summed E-state index contributed by atoms with van der Waals surface area (Å²) in [5.41, 5.74) is 45.5. The highest BCUT2D eigenvalue weighted by Gasteiger charge is 2.29. The predicted octanol–water partition coefficient (Wildman–Crippen LogP) is 42.2. The number of nitrogens with zero attached hydrogens (tertiary/aromatic N) is 4. The van der Waals surface area contributed by atoms with Gasteiger partial charge in [-0.15, -0.1) is 0 Å². The minimum absolute atomic E-state index is 0.514. The molecule has 0 spiro atoms. The molecule has 0 radical (unpaired) electrons. The fourth-order valence-electron chi connectivity index (χ4n) is 22.5. The van der Waals surface area contributed by atoms with Crippen molar-refractivity contribution < 1.29 is 0 Å². The van der Waals surface area contributed by atoms with Gasteiger partial charge < -0.3 is 19.6 Å². The zero-order valence-corrected chi connectivity index (χ0v) is 87.3. The molecular weight excluding hydrogens is 1810 g/mol. The summed E-state index contributed by atoms with van der Waals surface area (Å²) in [6.07, 6.45) is 0. The van der Waals surface area contributed by atoms with Gasteiger partial charge in [0.1, 0.15) is 0 Å². The Morgan fingerprint density at radius 2 is 0.300 bits per heavy atom. The zero-order valence-electron chi connectivity index (χ0n) is 87.3. The molecule has 150 heavy (non-hydrogen) atoms. The van der Waals surface area contributed by atoms with E-state index in [0.29, 0.717) is 11.8 Å². The van der Waals surface area contributed by atoms with Crippen LogP contribution < -0.4 is 19.6 Å². The molecule has 0 saturated heterocycles. The van der Waals surface area contributed by atoms with E-state index in [1.54, 1.807) is 0 Å². The molecule has 4 heteroatoms. The van der Waals surface area contributed by atoms with Crippen LogP contribution in [0, 0.1) is 55.4 Å². The van der Waals surface area contributed by atoms with Gasteiger partial charge in [-0.1, -0.05) is 438 Å². The lowest BCUT2D eigenvalue weighted by Crippen LogP contribution is -2.13. The molecule has 0 aromatic heterocycles. The molecule has 724 valence electrons. The van der Waals surface area contributed by atoms with E-state index in [-0.39, 0.29) is 0 Å². The average molecular weight is 1930 g/mol. The molecule has 0 saturated carbocycles. The Labute approximate surface area is 883 Å². The maximum absolute atomic E-state index is 2.48. The summed E-state index contributed by atoms with van der Waals surface area (Å²) in [7, 11) is 0. The molecule has 24 aromatic carbocycles. The van der Waals surface area contributed by atoms with Crippen molar-refractivity contribution in [3.63, 3.8) is 0 Å². The van der Waals surface area contributed by atoms with Crippen LogP contribution in [-0.4, -0.2) is 0 Å². The summed E-state index contributed by atoms with van der Waals surface area (Å²) >= 11 is 0. The van der Waals surface area contributed by atoms with Gasteiger partial charge >= 0.3 is 0 Å². The average Bonchev–Trinajstić information content (AvgIpc) is 0.723. The van der Waals surface area contributed by atoms with E-state index < -0.39 is 0 Å². The Hall–Kier alpha value is -18.0. The molecule has 0 heterocycles. The quantitative estimate of drug-likeness (QED) is 0.0627. The maximum Gasteiger partial charge on any atom is 0.0546 e. The van der Waals surface area contributed by atoms with Crippen molar-refractivity contribution in [2.75, 3.05) is 19.6 Å². The lowest BCUT2D eigenvalue weighted by Gasteiger charge is -2.31. The second kappa shape index (κ2) is 41.2. The molecule has 0 aliphatic heterocycles. The summed E-state index contributed by atoms with van der Waals surface area (Å²) in [6.45, 7) is 26.6. The topological polar surface area (TPSA) is 13.0 Å². The first-order valence-corrected chi connectivity index (χ1v) is 52.7. The zero-order chi connectivity index (χ0) is 102. The normalized spacial score (nSPS) is 11.5. The van der Waals surface area contributed by atoms with Gasteiger partial charge in [-0.3, -0.25) is 0 Å². The van der Waals surface area contributed by atoms with E-state index in [1.165, 1.54) is 209 Å². The lowest BCUT2D eigenvalue weighted by molar-refractivity contribution is 0.867. The van der Waals surface area contributed by atoms with Gasteiger partial charge in [0, 0.05) is 67.0 Å². The van der Waals surface area contributed by atoms with E-state index >= 15 is 0 Å². The number of aryl methyl sites for hydroxylation is 8. The number of rotatable bonds is 22. The third-order valence-corrected chi connectivity index (χ3v) is 30.4. The Morgan fingerprint density at radius 3 is 0.507 bits per heavy atom. The maximum atomic E-state index is 2.48. The van der Waals surface area contributed by atoms with Gasteiger partial charge in [0.25, 0.3) is 0 Å². The van der Waals surface area contributed by atoms with Gasteiger partial charge in [0.2, 0.25) is 0 Å². The van der Waals surface area contributed by atoms with Gasteiger partial charge in [-0.05, 0) is 342 Å². The predicted molar refractivity (Wildman–Crippen MR) is 646 cm³/mol. The van der Waals surface area contributed by atoms with Gasteiger partial charge in [-0.25, -0.2) is 0 Å². The summed E-state index contributed by atoms with van der Waals surface area (Å²) in [5.74, 6) is 1.03. The van der Waals surface area contributed by atoms with Crippen LogP contribution in [0.4, 0.5) is 68.2 Å². The minimum atomic E-state index is 0.514. The summed E-state index contributed by atoms with van der Waals surface area (Å²) < 4.78 is 0. The lowest BCUT2D eigenvalue weighted by atomic mass is 9.92. The third-order valence-electron chi connectivity index (χ3n) is 30.4. The van der Waals surface area contributed by atoms with Crippen LogP contribution in [0.15, 0.2) is 497 Å². The van der Waals surface area contributed by atoms with E-state index in [1.807, 2.05) is 0 Å². The molecule has 24 aromatic rings. The number of hydrogen-bond donors (Lipinski definition) is 0. The molecule has 0 aliphatic rings. The van der Waals surface area contributed by atoms with Crippen molar-refractivity contribution in [3.05, 3.63) is 553 Å². The number of benzene rings is 24. The number of hydrogen-bond acceptors (Lipinski definition) is 4. The molecule has 4 nitrogen and oxygen atoms in total. The Bertz CT molecular complexity index is 8610. The van der Waals surface area contributed by atoms with Crippen LogP contribution >= 0.6 is 0 Å². The third kappa shape index (κ3) is 18.9. The highest BCUT2D eigenvalue weighted by atomic mass is 15.2. The molecule has 0 fully saturated rings. The highest BCUT2D eigenvalue weighted by Crippen LogP contribution is 2.54. The molecule has 0 aliphatic carbocycles. The number of fused-ring (bicyclic) bond motifs is 10. The van der Waals surface area contributed by atoms with Crippen molar-refractivity contribution in [1.82, 2.24) is 0 Å². The standard InChI is InChI=1S/C76H66N2.C70H54N2/c1-49(2)55-19-23-57(24-20-55)59-27-31-61(32-28-59)63-35-39-65(40-36-63)77(73-43-17-51(5)45-53(73)7)75-47-71-68-14-10-12-16-70(68)76(48-72(71)67-13-9-11-15-69(67)75)78(74-44-18-52(6)46-54(74)8)66-41-37-64(38-42-66)62-33-29-60(30-34-62)58-25-21-56(22-26-58)50(3)4;1-47-29-39-67(49(3)41-47)71(59-35-31-53(32-36-59)57-23-15-21-55(43-57)51-17-7-5-8-18-51)69-45-65-62-26-12-14-28-64(62)70(46-66(65)61-25-11-13-27-63(61)69)72(68-40-30-48(2)42-50(68)4)60-37-33-54(34-38-60)58-24-16-22-56(44-58)52-19-9-6-10-20-52/h9-50H,1-8H3;5-46H,1-4H3. The molecule has 0 amide bonds. The smallest absolute Gasteiger partial charge is 0.0546 e. The second-order valence-corrected chi connectivity index (χ2v) is 41.2. The Balaban J connectivity index is 0.000000165. The van der Waals surface area contributed by atoms with Crippen molar-refractivity contribution >= 4 is 133 Å². The van der Waals surface area contributed by atoms with Crippen LogP contribution in [0.25, 0.3) is 154 Å². The van der Waals surface area contributed by atoms with Gasteiger partial charge in [0.05, 0.1) is 22.7 Å². The highest BCUT2D eigenvalue weighted by molar-refractivity contribution is 6.27. The van der Waals surface area contributed by atoms with Crippen molar-refractivity contribution in [3.8, 4) is 89.0 Å². The van der Waals surface area contributed by atoms with Crippen LogP contribution in [-0.2, 0) is 0 Å². The van der Waals surface area contributed by atoms with E-state index in [2.05, 4.69) is 600 Å². The van der Waals surface area contributed by atoms with E-state index in [9.17, 15) is 0 Å². The molecule has 0 unspecified atom stereocenters. The number of anilines is 12. The summed E-state index contributed by atoms with van der Waals surface area (Å²) in [6, 6.07) is 185. The summed E-state index contributed by atoms with van der Waals surface area (Å²) in [4.78, 5) is 9.91. The fourth-order valence-corrected chi connectivity index (χ4v) is 22.5. The first-order chi connectivity index (χ1) is 73.3. The van der Waals surface area contributed by atoms with Crippen LogP contribution in [0.3, 0.4) is 0 Å². The van der Waals surface area contributed by atoms with E-state index in [0.717, 1.165) is 68.2 Å². The fraction of sp³-hybridized carbons (Fsp3) is 0.0959. The van der Waals surface area contributed by atoms with E-state index in [4.69, 9.17) is 0 Å². The Kier molecular flexibility index (Phi) is 26.2. The molecule has 24 rings (SSSR count). The summed E-state index contributed by atoms with van der Waals surface area (Å²) in [5, 5.41) is 14.4. The first kappa shape index (κ1) is 95.6. The molecule has 0 bridgehead atoms. The van der Waals surface area contributed by atoms with Crippen molar-refractivity contribution in [2.45, 2.75) is 94.9 Å². The Morgan fingerprint density at radius 1 is 0.127 bits per heavy atom. The van der Waals surface area contributed by atoms with Gasteiger partial charge in [-0.2, -0.15) is 0 Å². The molecule has 0 atom stereocenters. The molecular formula is C146H120N4. The van der Waals surface area contributed by atoms with Crippen molar-refractivity contribution in [2.24, 2.45) is 0 Å². The first-order valence-electron chi connectivity index (χ1n) is 52.7. The SMILES string of the molecule is Cc1ccc(N(c2ccc(-c3ccc(-c4ccc(C(C)C)cc4)cc3)cc2)c2cc3c4ccccc4c(N(c4ccc(-c5ccc(-c6ccc(C(C)C)cc6)cc5)cc4)c4ccc(C)cc4C)cc3c3ccccc23)c(C)c1.Cc1ccc(N(c2ccc(-c3cccc(-c4ccccc4)c3)cc2)c2cc3c4ccccc4c(N(c4ccc(-c5cccc(-c6ccccc6)c5)cc4)c4ccc(C)cc4C)cc3c3ccccc23)c(C)c1. The van der Waals surface area contributed by atoms with Crippen molar-refractivity contribution in [1.29, 1.82) is 0 Å². The second-order valence-electron chi connectivity index (χ2n) is 41.2. The minimum Gasteiger partial charge on any atom is -0.310 e. The van der Waals surface area contributed by atoms with Crippen LogP contribution in [0.1, 0.15) is 95.2 Å². The monoisotopic (exact) mass is 1930 g/mol. The van der Waals surface area contributed by atoms with Crippen LogP contribution in [0.2, 0.25) is 0 Å². The van der Waals surface area contributed by atoms with Crippen LogP contribution in [0.5, 0.6) is 0 Å². The van der Waals surface area contributed by atoms with Gasteiger partial charge in [0.15, 0.2) is 0 Å².